The Labute approximate surface area is 148 Å². The molecule has 0 radical (unpaired) electrons. The van der Waals surface area contributed by atoms with Gasteiger partial charge in [0.15, 0.2) is 23.0 Å². The molecule has 0 saturated heterocycles. The van der Waals surface area contributed by atoms with Gasteiger partial charge in [-0.2, -0.15) is 0 Å². The fourth-order valence-corrected chi connectivity index (χ4v) is 3.50. The van der Waals surface area contributed by atoms with Crippen LogP contribution < -0.4 is 14.2 Å². The van der Waals surface area contributed by atoms with Crippen LogP contribution in [0.5, 0.6) is 23.0 Å². The molecule has 1 atom stereocenters. The van der Waals surface area contributed by atoms with Crippen LogP contribution in [0.3, 0.4) is 0 Å². The zero-order valence-corrected chi connectivity index (χ0v) is 15.2. The number of hydrogen-bond donors (Lipinski definition) is 1. The van der Waals surface area contributed by atoms with E-state index in [-0.39, 0.29) is 11.8 Å². The lowest BCUT2D eigenvalue weighted by Gasteiger charge is -2.35. The van der Waals surface area contributed by atoms with Crippen LogP contribution in [0.4, 0.5) is 0 Å². The summed E-state index contributed by atoms with van der Waals surface area (Å²) in [6, 6.07) is 10.0. The van der Waals surface area contributed by atoms with E-state index >= 15 is 0 Å². The summed E-state index contributed by atoms with van der Waals surface area (Å²) < 4.78 is 16.0. The van der Waals surface area contributed by atoms with Gasteiger partial charge in [0.1, 0.15) is 0 Å². The van der Waals surface area contributed by atoms with Crippen LogP contribution in [0.1, 0.15) is 22.7 Å². The first-order valence-electron chi connectivity index (χ1n) is 8.38. The Morgan fingerprint density at radius 3 is 2.40 bits per heavy atom. The van der Waals surface area contributed by atoms with E-state index < -0.39 is 0 Å². The van der Waals surface area contributed by atoms with Crippen molar-refractivity contribution in [2.75, 3.05) is 34.9 Å². The molecule has 1 aliphatic rings. The average Bonchev–Trinajstić information content (AvgIpc) is 2.63. The van der Waals surface area contributed by atoms with Crippen molar-refractivity contribution in [2.24, 2.45) is 0 Å². The molecule has 1 N–H and O–H groups in total. The van der Waals surface area contributed by atoms with Crippen molar-refractivity contribution in [3.63, 3.8) is 0 Å². The Morgan fingerprint density at radius 2 is 1.72 bits per heavy atom. The first-order valence-corrected chi connectivity index (χ1v) is 8.38. The molecule has 1 aliphatic heterocycles. The molecule has 3 rings (SSSR count). The first kappa shape index (κ1) is 17.4. The predicted octanol–water partition coefficient (Wildman–Crippen LogP) is 3.19. The largest absolute Gasteiger partial charge is 0.504 e. The minimum Gasteiger partial charge on any atom is -0.504 e. The minimum absolute atomic E-state index is 0.189. The number of methoxy groups -OCH3 is 3. The van der Waals surface area contributed by atoms with Crippen molar-refractivity contribution in [3.05, 3.63) is 47.0 Å². The van der Waals surface area contributed by atoms with Crippen LogP contribution in [-0.4, -0.2) is 44.9 Å². The van der Waals surface area contributed by atoms with Crippen molar-refractivity contribution in [3.8, 4) is 23.0 Å². The van der Waals surface area contributed by atoms with Gasteiger partial charge in [0, 0.05) is 12.6 Å². The molecule has 134 valence electrons. The van der Waals surface area contributed by atoms with Gasteiger partial charge >= 0.3 is 0 Å². The number of aromatic hydroxyl groups is 1. The second-order valence-corrected chi connectivity index (χ2v) is 6.36. The highest BCUT2D eigenvalue weighted by atomic mass is 16.5. The molecule has 0 fully saturated rings. The van der Waals surface area contributed by atoms with Crippen LogP contribution in [0.15, 0.2) is 30.3 Å². The van der Waals surface area contributed by atoms with E-state index in [9.17, 15) is 5.11 Å². The maximum absolute atomic E-state index is 10.2. The van der Waals surface area contributed by atoms with E-state index in [0.717, 1.165) is 42.0 Å². The van der Waals surface area contributed by atoms with Crippen molar-refractivity contribution in [1.29, 1.82) is 0 Å². The van der Waals surface area contributed by atoms with Gasteiger partial charge in [-0.15, -0.1) is 0 Å². The zero-order chi connectivity index (χ0) is 18.0. The monoisotopic (exact) mass is 343 g/mol. The number of rotatable bonds is 5. The number of nitrogens with zero attached hydrogens (tertiary/aromatic N) is 1. The van der Waals surface area contributed by atoms with Crippen LogP contribution in [0.25, 0.3) is 0 Å². The summed E-state index contributed by atoms with van der Waals surface area (Å²) in [6.45, 7) is 0.971. The Kier molecular flexibility index (Phi) is 5.04. The Balaban J connectivity index is 1.94. The third-order valence-corrected chi connectivity index (χ3v) is 4.94. The number of phenols is 1. The molecule has 0 aromatic heterocycles. The molecule has 1 heterocycles. The lowest BCUT2D eigenvalue weighted by atomic mass is 9.88. The molecule has 25 heavy (non-hydrogen) atoms. The lowest BCUT2D eigenvalue weighted by molar-refractivity contribution is 0.228. The molecule has 0 unspecified atom stereocenters. The zero-order valence-electron chi connectivity index (χ0n) is 15.2. The molecule has 0 amide bonds. The normalized spacial score (nSPS) is 17.0. The summed E-state index contributed by atoms with van der Waals surface area (Å²) in [5.41, 5.74) is 3.55. The summed E-state index contributed by atoms with van der Waals surface area (Å²) >= 11 is 0. The highest BCUT2D eigenvalue weighted by Crippen LogP contribution is 2.39. The quantitative estimate of drug-likeness (QED) is 0.904. The maximum atomic E-state index is 10.2. The third-order valence-electron chi connectivity index (χ3n) is 4.94. The smallest absolute Gasteiger partial charge is 0.160 e. The summed E-state index contributed by atoms with van der Waals surface area (Å²) in [4.78, 5) is 2.32. The molecule has 0 saturated carbocycles. The van der Waals surface area contributed by atoms with Crippen LogP contribution in [0, 0.1) is 0 Å². The molecule has 2 aromatic carbocycles. The average molecular weight is 343 g/mol. The van der Waals surface area contributed by atoms with Gasteiger partial charge in [0.05, 0.1) is 21.3 Å². The van der Waals surface area contributed by atoms with E-state index in [0.29, 0.717) is 5.75 Å². The summed E-state index contributed by atoms with van der Waals surface area (Å²) in [6.07, 6.45) is 1.78. The van der Waals surface area contributed by atoms with Gasteiger partial charge in [-0.25, -0.2) is 0 Å². The first-order chi connectivity index (χ1) is 12.1. The third kappa shape index (κ3) is 3.37. The molecular formula is C20H25NO4. The van der Waals surface area contributed by atoms with E-state index in [2.05, 4.69) is 18.0 Å². The fraction of sp³-hybridized carbons (Fsp3) is 0.400. The van der Waals surface area contributed by atoms with Crippen molar-refractivity contribution in [1.82, 2.24) is 4.90 Å². The Hall–Kier alpha value is -2.40. The molecule has 0 aliphatic carbocycles. The number of benzene rings is 2. The molecule has 2 aromatic rings. The van der Waals surface area contributed by atoms with E-state index in [1.54, 1.807) is 21.3 Å². The second kappa shape index (κ2) is 7.23. The van der Waals surface area contributed by atoms with Crippen LogP contribution in [-0.2, 0) is 12.8 Å². The number of phenolic OH excluding ortho intramolecular Hbond substituents is 1. The van der Waals surface area contributed by atoms with Gasteiger partial charge in [0.25, 0.3) is 0 Å². The number of hydrogen-bond acceptors (Lipinski definition) is 5. The molecular weight excluding hydrogens is 318 g/mol. The van der Waals surface area contributed by atoms with Gasteiger partial charge in [-0.05, 0) is 60.8 Å². The topological polar surface area (TPSA) is 51.2 Å². The van der Waals surface area contributed by atoms with Crippen LogP contribution >= 0.6 is 0 Å². The van der Waals surface area contributed by atoms with Crippen molar-refractivity contribution < 1.29 is 19.3 Å². The second-order valence-electron chi connectivity index (χ2n) is 6.36. The maximum Gasteiger partial charge on any atom is 0.160 e. The lowest BCUT2D eigenvalue weighted by Crippen LogP contribution is -2.33. The highest BCUT2D eigenvalue weighted by molar-refractivity contribution is 5.49. The predicted molar refractivity (Wildman–Crippen MR) is 97.0 cm³/mol. The number of fused-ring (bicyclic) bond motifs is 1. The summed E-state index contributed by atoms with van der Waals surface area (Å²) in [5.74, 6) is 2.18. The van der Waals surface area contributed by atoms with Crippen molar-refractivity contribution >= 4 is 0 Å². The van der Waals surface area contributed by atoms with E-state index in [4.69, 9.17) is 14.2 Å². The van der Waals surface area contributed by atoms with Crippen molar-refractivity contribution in [2.45, 2.75) is 18.9 Å². The Morgan fingerprint density at radius 1 is 1.00 bits per heavy atom. The fourth-order valence-electron chi connectivity index (χ4n) is 3.50. The minimum atomic E-state index is 0.189. The van der Waals surface area contributed by atoms with Gasteiger partial charge in [-0.1, -0.05) is 6.07 Å². The molecule has 0 bridgehead atoms. The van der Waals surface area contributed by atoms with Gasteiger partial charge in [0.2, 0.25) is 0 Å². The standard InChI is InChI=1S/C20H25NO4/c1-21-8-7-14-11-19(24-3)17(22)12-15(14)16(21)9-13-5-6-18(23-2)20(10-13)25-4/h5-6,10-12,16,22H,7-9H2,1-4H3/t16-/m1/s1. The van der Waals surface area contributed by atoms with Gasteiger partial charge in [-0.3, -0.25) is 4.90 Å². The SMILES string of the molecule is COc1cc2c(cc1O)[C@@H](Cc1ccc(OC)c(OC)c1)N(C)CC2. The van der Waals surface area contributed by atoms with E-state index in [1.807, 2.05) is 24.3 Å². The number of likely N-dealkylation sites (N-methyl/N-ethyl adjacent to an activating group) is 1. The highest BCUT2D eigenvalue weighted by Gasteiger charge is 2.27. The van der Waals surface area contributed by atoms with E-state index in [1.165, 1.54) is 5.56 Å². The number of ether oxygens (including phenoxy) is 3. The van der Waals surface area contributed by atoms with Gasteiger partial charge < -0.3 is 19.3 Å². The summed E-state index contributed by atoms with van der Waals surface area (Å²) in [7, 11) is 6.99. The van der Waals surface area contributed by atoms with Crippen LogP contribution in [0.2, 0.25) is 0 Å². The molecule has 5 nitrogen and oxygen atoms in total. The Bertz CT molecular complexity index is 760. The summed E-state index contributed by atoms with van der Waals surface area (Å²) in [5, 5.41) is 10.2. The molecule has 5 heteroatoms. The molecule has 0 spiro atoms.